The molecule has 7 nitrogen and oxygen atoms in total. The van der Waals surface area contributed by atoms with Crippen LogP contribution >= 0.6 is 0 Å². The lowest BCUT2D eigenvalue weighted by Crippen LogP contribution is -2.22. The number of aromatic amines is 1. The normalized spacial score (nSPS) is 19.4. The smallest absolute Gasteiger partial charge is 0.292 e. The lowest BCUT2D eigenvalue weighted by atomic mass is 10.1. The van der Waals surface area contributed by atoms with Crippen LogP contribution in [0.25, 0.3) is 10.8 Å². The fourth-order valence-corrected chi connectivity index (χ4v) is 2.85. The Morgan fingerprint density at radius 2 is 2.08 bits per heavy atom. The Bertz CT molecular complexity index is 1030. The number of carbonyl (C=O) groups is 1. The Morgan fingerprint density at radius 3 is 2.84 bits per heavy atom. The molecule has 2 N–H and O–H groups in total. The second kappa shape index (κ2) is 6.01. The number of furan rings is 1. The molecule has 2 heterocycles. The van der Waals surface area contributed by atoms with Crippen LogP contribution < -0.4 is 11.0 Å². The van der Waals surface area contributed by atoms with Gasteiger partial charge in [0.15, 0.2) is 5.69 Å². The maximum Gasteiger partial charge on any atom is 0.292 e. The van der Waals surface area contributed by atoms with E-state index in [1.165, 1.54) is 6.21 Å². The van der Waals surface area contributed by atoms with E-state index in [4.69, 9.17) is 4.42 Å². The molecule has 3 aromatic rings. The molecule has 126 valence electrons. The minimum atomic E-state index is -0.508. The van der Waals surface area contributed by atoms with Gasteiger partial charge in [-0.15, -0.1) is 0 Å². The highest BCUT2D eigenvalue weighted by atomic mass is 16.3. The van der Waals surface area contributed by atoms with E-state index >= 15 is 0 Å². The summed E-state index contributed by atoms with van der Waals surface area (Å²) >= 11 is 0. The number of aromatic nitrogens is 2. The minimum Gasteiger partial charge on any atom is -0.460 e. The fraction of sp³-hybridized carbons (Fsp3) is 0.222. The van der Waals surface area contributed by atoms with E-state index < -0.39 is 5.91 Å². The lowest BCUT2D eigenvalue weighted by Gasteiger charge is -2.02. The van der Waals surface area contributed by atoms with Gasteiger partial charge in [-0.2, -0.15) is 10.2 Å². The first-order valence-electron chi connectivity index (χ1n) is 8.04. The molecule has 1 amide bonds. The van der Waals surface area contributed by atoms with Crippen molar-refractivity contribution in [2.45, 2.75) is 19.3 Å². The van der Waals surface area contributed by atoms with E-state index in [-0.39, 0.29) is 11.3 Å². The Balaban J connectivity index is 1.50. The van der Waals surface area contributed by atoms with E-state index in [0.717, 1.165) is 12.2 Å². The first-order valence-corrected chi connectivity index (χ1v) is 8.04. The molecule has 7 heteroatoms. The number of hydrogen-bond donors (Lipinski definition) is 2. The number of carbonyl (C=O) groups excluding carboxylic acids is 1. The van der Waals surface area contributed by atoms with Gasteiger partial charge in [-0.1, -0.05) is 25.1 Å². The highest BCUT2D eigenvalue weighted by Crippen LogP contribution is 2.47. The molecule has 0 aliphatic heterocycles. The van der Waals surface area contributed by atoms with Crippen LogP contribution in [-0.2, 0) is 0 Å². The number of benzene rings is 1. The van der Waals surface area contributed by atoms with Gasteiger partial charge in [0.25, 0.3) is 11.5 Å². The fourth-order valence-electron chi connectivity index (χ4n) is 2.85. The largest absolute Gasteiger partial charge is 0.460 e. The molecular formula is C18H16N4O3. The van der Waals surface area contributed by atoms with Crippen molar-refractivity contribution in [2.24, 2.45) is 11.0 Å². The summed E-state index contributed by atoms with van der Waals surface area (Å²) in [4.78, 5) is 24.0. The predicted molar refractivity (Wildman–Crippen MR) is 92.7 cm³/mol. The van der Waals surface area contributed by atoms with Crippen molar-refractivity contribution in [3.63, 3.8) is 0 Å². The molecule has 1 aliphatic carbocycles. The molecular weight excluding hydrogens is 320 g/mol. The number of nitrogens with one attached hydrogen (secondary N) is 2. The van der Waals surface area contributed by atoms with Crippen LogP contribution in [0.2, 0.25) is 0 Å². The van der Waals surface area contributed by atoms with Crippen molar-refractivity contribution < 1.29 is 9.21 Å². The standard InChI is InChI=1S/C18H16N4O3/c1-10-8-14(10)15-7-6-11(25-15)9-19-21-18(24)16-12-4-2-3-5-13(12)17(23)22-20-16/h2-7,9-10,14H,8H2,1H3,(H,21,24)(H,22,23)/b19-9-/t10-,14-/m0/s1. The molecule has 2 atom stereocenters. The van der Waals surface area contributed by atoms with Gasteiger partial charge in [0.05, 0.1) is 11.6 Å². The van der Waals surface area contributed by atoms with Gasteiger partial charge in [-0.3, -0.25) is 9.59 Å². The van der Waals surface area contributed by atoms with E-state index in [2.05, 4.69) is 27.6 Å². The van der Waals surface area contributed by atoms with Crippen molar-refractivity contribution in [1.82, 2.24) is 15.6 Å². The monoisotopic (exact) mass is 336 g/mol. The SMILES string of the molecule is C[C@H]1C[C@@H]1c1ccc(/C=N\NC(=O)c2n[nH]c(=O)c3ccccc23)o1. The topological polar surface area (TPSA) is 100 Å². The Kier molecular flexibility index (Phi) is 3.68. The first kappa shape index (κ1) is 15.3. The average Bonchev–Trinajstić information content (AvgIpc) is 3.16. The van der Waals surface area contributed by atoms with Gasteiger partial charge in [-0.05, 0) is 30.5 Å². The van der Waals surface area contributed by atoms with Crippen LogP contribution in [0, 0.1) is 5.92 Å². The molecule has 4 rings (SSSR count). The second-order valence-corrected chi connectivity index (χ2v) is 6.21. The minimum absolute atomic E-state index is 0.110. The summed E-state index contributed by atoms with van der Waals surface area (Å²) in [6.45, 7) is 2.18. The number of H-pyrrole nitrogens is 1. The molecule has 2 aromatic heterocycles. The Labute approximate surface area is 142 Å². The van der Waals surface area contributed by atoms with Crippen molar-refractivity contribution >= 4 is 22.9 Å². The molecule has 0 saturated heterocycles. The number of amides is 1. The van der Waals surface area contributed by atoms with Gasteiger partial charge in [-0.25, -0.2) is 10.5 Å². The van der Waals surface area contributed by atoms with Gasteiger partial charge in [0.1, 0.15) is 11.5 Å². The quantitative estimate of drug-likeness (QED) is 0.564. The third kappa shape index (κ3) is 2.96. The van der Waals surface area contributed by atoms with Crippen LogP contribution in [0.5, 0.6) is 0 Å². The molecule has 0 unspecified atom stereocenters. The molecule has 0 radical (unpaired) electrons. The van der Waals surface area contributed by atoms with Crippen LogP contribution in [0.4, 0.5) is 0 Å². The summed E-state index contributed by atoms with van der Waals surface area (Å²) in [7, 11) is 0. The third-order valence-electron chi connectivity index (χ3n) is 4.39. The van der Waals surface area contributed by atoms with E-state index in [1.807, 2.05) is 12.1 Å². The van der Waals surface area contributed by atoms with E-state index in [1.54, 1.807) is 24.3 Å². The van der Waals surface area contributed by atoms with Crippen LogP contribution in [0.1, 0.15) is 41.3 Å². The average molecular weight is 336 g/mol. The molecule has 1 aromatic carbocycles. The van der Waals surface area contributed by atoms with Crippen molar-refractivity contribution in [3.8, 4) is 0 Å². The second-order valence-electron chi connectivity index (χ2n) is 6.21. The summed E-state index contributed by atoms with van der Waals surface area (Å²) in [5, 5.41) is 10.9. The number of rotatable bonds is 4. The summed E-state index contributed by atoms with van der Waals surface area (Å²) in [5.41, 5.74) is 2.18. The van der Waals surface area contributed by atoms with E-state index in [0.29, 0.717) is 28.4 Å². The summed E-state index contributed by atoms with van der Waals surface area (Å²) in [5.74, 6) is 2.18. The molecule has 1 fully saturated rings. The summed E-state index contributed by atoms with van der Waals surface area (Å²) < 4.78 is 5.69. The van der Waals surface area contributed by atoms with Crippen molar-refractivity contribution in [2.75, 3.05) is 0 Å². The summed E-state index contributed by atoms with van der Waals surface area (Å²) in [6, 6.07) is 10.5. The molecule has 0 bridgehead atoms. The highest BCUT2D eigenvalue weighted by Gasteiger charge is 2.36. The maximum absolute atomic E-state index is 12.3. The molecule has 0 spiro atoms. The van der Waals surface area contributed by atoms with Crippen molar-refractivity contribution in [3.05, 3.63) is 64.0 Å². The van der Waals surface area contributed by atoms with Crippen LogP contribution in [-0.4, -0.2) is 22.3 Å². The molecule has 1 aliphatic rings. The van der Waals surface area contributed by atoms with Crippen LogP contribution in [0.15, 0.2) is 50.7 Å². The number of fused-ring (bicyclic) bond motifs is 1. The number of hydrogen-bond acceptors (Lipinski definition) is 5. The zero-order valence-corrected chi connectivity index (χ0v) is 13.5. The third-order valence-corrected chi connectivity index (χ3v) is 4.39. The van der Waals surface area contributed by atoms with E-state index in [9.17, 15) is 9.59 Å². The van der Waals surface area contributed by atoms with Gasteiger partial charge < -0.3 is 4.42 Å². The highest BCUT2D eigenvalue weighted by molar-refractivity contribution is 6.04. The van der Waals surface area contributed by atoms with Gasteiger partial charge >= 0.3 is 0 Å². The zero-order chi connectivity index (χ0) is 17.4. The first-order chi connectivity index (χ1) is 12.1. The molecule has 25 heavy (non-hydrogen) atoms. The van der Waals surface area contributed by atoms with Gasteiger partial charge in [0, 0.05) is 11.3 Å². The number of hydrazone groups is 1. The maximum atomic E-state index is 12.3. The molecule has 1 saturated carbocycles. The Morgan fingerprint density at radius 1 is 1.32 bits per heavy atom. The predicted octanol–water partition coefficient (Wildman–Crippen LogP) is 2.40. The Hall–Kier alpha value is -3.22. The van der Waals surface area contributed by atoms with Gasteiger partial charge in [0.2, 0.25) is 0 Å². The lowest BCUT2D eigenvalue weighted by molar-refractivity contribution is 0.0951. The van der Waals surface area contributed by atoms with Crippen molar-refractivity contribution in [1.29, 1.82) is 0 Å². The zero-order valence-electron chi connectivity index (χ0n) is 13.5. The summed E-state index contributed by atoms with van der Waals surface area (Å²) in [6.07, 6.45) is 2.59. The van der Waals surface area contributed by atoms with Crippen LogP contribution in [0.3, 0.4) is 0 Å². The number of nitrogens with zero attached hydrogens (tertiary/aromatic N) is 2.